The van der Waals surface area contributed by atoms with Gasteiger partial charge in [0.2, 0.25) is 0 Å². The zero-order valence-electron chi connectivity index (χ0n) is 7.49. The third kappa shape index (κ3) is 2.34. The summed E-state index contributed by atoms with van der Waals surface area (Å²) < 4.78 is 0. The number of halogens is 1. The summed E-state index contributed by atoms with van der Waals surface area (Å²) in [5, 5.41) is 3.20. The molecule has 1 fully saturated rings. The molecule has 2 heteroatoms. The molecule has 1 saturated carbocycles. The Hall–Kier alpha value is 0.250. The highest BCUT2D eigenvalue weighted by atomic mass is 35.5. The molecule has 0 bridgehead atoms. The highest BCUT2D eigenvalue weighted by Crippen LogP contribution is 2.40. The Balaban J connectivity index is 2.25. The lowest BCUT2D eigenvalue weighted by Crippen LogP contribution is -2.38. The molecule has 1 N–H and O–H groups in total. The average molecular weight is 176 g/mol. The van der Waals surface area contributed by atoms with E-state index in [1.807, 2.05) is 0 Å². The van der Waals surface area contributed by atoms with Crippen LogP contribution in [0.3, 0.4) is 0 Å². The topological polar surface area (TPSA) is 12.0 Å². The molecule has 0 aromatic rings. The van der Waals surface area contributed by atoms with Crippen LogP contribution in [0.5, 0.6) is 0 Å². The normalized spacial score (nSPS) is 19.9. The van der Waals surface area contributed by atoms with Crippen molar-refractivity contribution in [3.63, 3.8) is 0 Å². The molecule has 0 aromatic carbocycles. The molecule has 0 aromatic heterocycles. The zero-order chi connectivity index (χ0) is 8.32. The van der Waals surface area contributed by atoms with Crippen molar-refractivity contribution in [2.45, 2.75) is 33.1 Å². The lowest BCUT2D eigenvalue weighted by Gasteiger charge is -2.40. The molecule has 0 saturated heterocycles. The molecule has 11 heavy (non-hydrogen) atoms. The van der Waals surface area contributed by atoms with Crippen LogP contribution in [-0.2, 0) is 0 Å². The van der Waals surface area contributed by atoms with E-state index in [0.717, 1.165) is 12.5 Å². The van der Waals surface area contributed by atoms with E-state index in [1.54, 1.807) is 0 Å². The SMILES string of the molecule is CC(C)(CNCCl)C1CCC1. The van der Waals surface area contributed by atoms with Crippen molar-refractivity contribution in [2.75, 3.05) is 12.5 Å². The summed E-state index contributed by atoms with van der Waals surface area (Å²) in [6.07, 6.45) is 4.25. The maximum atomic E-state index is 5.56. The molecule has 1 rings (SSSR count). The molecular weight excluding hydrogens is 158 g/mol. The molecular formula is C9H18ClN. The second-order valence-corrected chi connectivity index (χ2v) is 4.44. The largest absolute Gasteiger partial charge is 0.303 e. The average Bonchev–Trinajstić information content (AvgIpc) is 1.78. The van der Waals surface area contributed by atoms with Crippen LogP contribution in [0.25, 0.3) is 0 Å². The molecule has 0 aliphatic heterocycles. The van der Waals surface area contributed by atoms with E-state index in [0.29, 0.717) is 11.4 Å². The Kier molecular flexibility index (Phi) is 3.20. The van der Waals surface area contributed by atoms with Crippen LogP contribution in [0, 0.1) is 11.3 Å². The maximum absolute atomic E-state index is 5.56. The van der Waals surface area contributed by atoms with E-state index in [9.17, 15) is 0 Å². The number of rotatable bonds is 4. The quantitative estimate of drug-likeness (QED) is 0.512. The molecule has 1 aliphatic carbocycles. The van der Waals surface area contributed by atoms with Gasteiger partial charge in [-0.25, -0.2) is 0 Å². The van der Waals surface area contributed by atoms with Crippen molar-refractivity contribution < 1.29 is 0 Å². The summed E-state index contributed by atoms with van der Waals surface area (Å²) in [5.74, 6) is 0.929. The van der Waals surface area contributed by atoms with Crippen LogP contribution in [0.15, 0.2) is 0 Å². The van der Waals surface area contributed by atoms with Crippen LogP contribution in [0.2, 0.25) is 0 Å². The van der Waals surface area contributed by atoms with Gasteiger partial charge in [0.1, 0.15) is 0 Å². The van der Waals surface area contributed by atoms with Crippen molar-refractivity contribution in [3.05, 3.63) is 0 Å². The second kappa shape index (κ2) is 3.77. The van der Waals surface area contributed by atoms with E-state index in [-0.39, 0.29) is 0 Å². The van der Waals surface area contributed by atoms with Gasteiger partial charge < -0.3 is 5.32 Å². The molecule has 1 aliphatic rings. The fourth-order valence-corrected chi connectivity index (χ4v) is 1.80. The maximum Gasteiger partial charge on any atom is 0.0713 e. The van der Waals surface area contributed by atoms with Gasteiger partial charge in [0.25, 0.3) is 0 Å². The number of hydrogen-bond acceptors (Lipinski definition) is 1. The molecule has 0 unspecified atom stereocenters. The van der Waals surface area contributed by atoms with Crippen molar-refractivity contribution in [3.8, 4) is 0 Å². The van der Waals surface area contributed by atoms with Crippen molar-refractivity contribution in [2.24, 2.45) is 11.3 Å². The molecule has 0 atom stereocenters. The van der Waals surface area contributed by atoms with Gasteiger partial charge in [-0.1, -0.05) is 20.3 Å². The summed E-state index contributed by atoms with van der Waals surface area (Å²) >= 11 is 5.56. The number of alkyl halides is 1. The van der Waals surface area contributed by atoms with Crippen LogP contribution in [0.4, 0.5) is 0 Å². The predicted molar refractivity (Wildman–Crippen MR) is 49.8 cm³/mol. The standard InChI is InChI=1S/C9H18ClN/c1-9(2,6-11-7-10)8-4-3-5-8/h8,11H,3-7H2,1-2H3. The lowest BCUT2D eigenvalue weighted by atomic mass is 9.67. The highest BCUT2D eigenvalue weighted by molar-refractivity contribution is 6.17. The summed E-state index contributed by atoms with van der Waals surface area (Å²) in [5.41, 5.74) is 0.452. The second-order valence-electron chi connectivity index (χ2n) is 4.18. The van der Waals surface area contributed by atoms with Gasteiger partial charge in [-0.05, 0) is 24.2 Å². The third-order valence-electron chi connectivity index (χ3n) is 2.89. The van der Waals surface area contributed by atoms with Crippen molar-refractivity contribution in [1.29, 1.82) is 0 Å². The minimum atomic E-state index is 0.452. The van der Waals surface area contributed by atoms with Crippen LogP contribution >= 0.6 is 11.6 Å². The first-order valence-corrected chi connectivity index (χ1v) is 4.97. The smallest absolute Gasteiger partial charge is 0.0713 e. The lowest BCUT2D eigenvalue weighted by molar-refractivity contribution is 0.121. The van der Waals surface area contributed by atoms with Crippen molar-refractivity contribution >= 4 is 11.6 Å². The zero-order valence-corrected chi connectivity index (χ0v) is 8.25. The summed E-state index contributed by atoms with van der Waals surface area (Å²) in [6, 6.07) is 0.580. The van der Waals surface area contributed by atoms with Crippen LogP contribution in [0.1, 0.15) is 33.1 Å². The van der Waals surface area contributed by atoms with Crippen LogP contribution < -0.4 is 5.32 Å². The van der Waals surface area contributed by atoms with E-state index < -0.39 is 0 Å². The van der Waals surface area contributed by atoms with Crippen LogP contribution in [-0.4, -0.2) is 12.5 Å². The highest BCUT2D eigenvalue weighted by Gasteiger charge is 2.33. The van der Waals surface area contributed by atoms with Gasteiger partial charge in [0.15, 0.2) is 0 Å². The molecule has 0 heterocycles. The fraction of sp³-hybridized carbons (Fsp3) is 1.00. The molecule has 1 nitrogen and oxygen atoms in total. The minimum absolute atomic E-state index is 0.452. The summed E-state index contributed by atoms with van der Waals surface area (Å²) in [4.78, 5) is 0. The van der Waals surface area contributed by atoms with Gasteiger partial charge in [0, 0.05) is 6.54 Å². The Morgan fingerprint density at radius 2 is 2.09 bits per heavy atom. The minimum Gasteiger partial charge on any atom is -0.303 e. The number of nitrogens with one attached hydrogen (secondary N) is 1. The monoisotopic (exact) mass is 175 g/mol. The van der Waals surface area contributed by atoms with Gasteiger partial charge >= 0.3 is 0 Å². The Morgan fingerprint density at radius 3 is 2.45 bits per heavy atom. The van der Waals surface area contributed by atoms with E-state index in [4.69, 9.17) is 11.6 Å². The van der Waals surface area contributed by atoms with Gasteiger partial charge in [-0.3, -0.25) is 0 Å². The Morgan fingerprint density at radius 1 is 1.45 bits per heavy atom. The fourth-order valence-electron chi connectivity index (χ4n) is 1.70. The van der Waals surface area contributed by atoms with Crippen molar-refractivity contribution in [1.82, 2.24) is 5.32 Å². The first kappa shape index (κ1) is 9.34. The first-order valence-electron chi connectivity index (χ1n) is 4.43. The Labute approximate surface area is 74.5 Å². The number of hydrogen-bond donors (Lipinski definition) is 1. The predicted octanol–water partition coefficient (Wildman–Crippen LogP) is 2.60. The van der Waals surface area contributed by atoms with E-state index in [2.05, 4.69) is 19.2 Å². The van der Waals surface area contributed by atoms with Gasteiger partial charge in [-0.2, -0.15) is 0 Å². The van der Waals surface area contributed by atoms with E-state index >= 15 is 0 Å². The molecule has 66 valence electrons. The summed E-state index contributed by atoms with van der Waals surface area (Å²) in [6.45, 7) is 5.72. The molecule has 0 spiro atoms. The molecule has 0 amide bonds. The Bertz CT molecular complexity index is 119. The van der Waals surface area contributed by atoms with E-state index in [1.165, 1.54) is 19.3 Å². The summed E-state index contributed by atoms with van der Waals surface area (Å²) in [7, 11) is 0. The van der Waals surface area contributed by atoms with Gasteiger partial charge in [-0.15, -0.1) is 11.6 Å². The molecule has 0 radical (unpaired) electrons. The first-order chi connectivity index (χ1) is 5.17. The van der Waals surface area contributed by atoms with Gasteiger partial charge in [0.05, 0.1) is 6.00 Å². The third-order valence-corrected chi connectivity index (χ3v) is 3.07.